The highest BCUT2D eigenvalue weighted by molar-refractivity contribution is 6.31. The molecule has 21 heavy (non-hydrogen) atoms. The molecule has 1 unspecified atom stereocenters. The van der Waals surface area contributed by atoms with E-state index in [0.29, 0.717) is 0 Å². The van der Waals surface area contributed by atoms with Crippen molar-refractivity contribution in [1.82, 2.24) is 5.32 Å². The molecule has 1 heterocycles. The highest BCUT2D eigenvalue weighted by Gasteiger charge is 2.17. The number of nitrogens with one attached hydrogen (secondary N) is 1. The number of benzene rings is 1. The molecule has 2 rings (SSSR count). The van der Waals surface area contributed by atoms with E-state index in [-0.39, 0.29) is 6.04 Å². The molecule has 114 valence electrons. The van der Waals surface area contributed by atoms with Gasteiger partial charge >= 0.3 is 0 Å². The van der Waals surface area contributed by atoms with Crippen molar-refractivity contribution in [2.24, 2.45) is 0 Å². The largest absolute Gasteiger partial charge is 0.464 e. The Morgan fingerprint density at radius 1 is 1.19 bits per heavy atom. The Bertz CT molecular complexity index is 576. The maximum atomic E-state index is 6.37. The first-order valence-electron chi connectivity index (χ1n) is 7.71. The third kappa shape index (κ3) is 4.36. The molecule has 0 fully saturated rings. The fourth-order valence-corrected chi connectivity index (χ4v) is 2.71. The standard InChI is InChI=1S/C18H24ClNO/c1-4-10-20-17(18-9-8-15(5-2)21-18)12-14-7-6-13(3)11-16(14)19/h6-9,11,17,20H,4-5,10,12H2,1-3H3. The van der Waals surface area contributed by atoms with Gasteiger partial charge in [0.15, 0.2) is 0 Å². The molecule has 0 aliphatic carbocycles. The molecule has 1 aromatic heterocycles. The lowest BCUT2D eigenvalue weighted by Gasteiger charge is -2.17. The average Bonchev–Trinajstić information content (AvgIpc) is 2.94. The van der Waals surface area contributed by atoms with Gasteiger partial charge in [0.05, 0.1) is 6.04 Å². The van der Waals surface area contributed by atoms with Crippen molar-refractivity contribution in [2.75, 3.05) is 6.54 Å². The second kappa shape index (κ2) is 7.67. The molecule has 3 heteroatoms. The van der Waals surface area contributed by atoms with Crippen LogP contribution in [0.15, 0.2) is 34.7 Å². The van der Waals surface area contributed by atoms with Gasteiger partial charge in [-0.15, -0.1) is 0 Å². The van der Waals surface area contributed by atoms with Gasteiger partial charge in [-0.3, -0.25) is 0 Å². The normalized spacial score (nSPS) is 12.6. The van der Waals surface area contributed by atoms with Crippen LogP contribution in [-0.4, -0.2) is 6.54 Å². The van der Waals surface area contributed by atoms with Crippen molar-refractivity contribution in [3.8, 4) is 0 Å². The quantitative estimate of drug-likeness (QED) is 0.771. The Morgan fingerprint density at radius 3 is 2.62 bits per heavy atom. The summed E-state index contributed by atoms with van der Waals surface area (Å²) in [5.41, 5.74) is 2.35. The molecule has 0 saturated heterocycles. The maximum Gasteiger partial charge on any atom is 0.121 e. The summed E-state index contributed by atoms with van der Waals surface area (Å²) in [4.78, 5) is 0. The second-order valence-electron chi connectivity index (χ2n) is 5.46. The first-order valence-corrected chi connectivity index (χ1v) is 8.08. The van der Waals surface area contributed by atoms with Crippen molar-refractivity contribution in [3.63, 3.8) is 0 Å². The highest BCUT2D eigenvalue weighted by atomic mass is 35.5. The van der Waals surface area contributed by atoms with E-state index in [1.165, 1.54) is 5.56 Å². The predicted molar refractivity (Wildman–Crippen MR) is 89.0 cm³/mol. The number of rotatable bonds is 7. The maximum absolute atomic E-state index is 6.37. The number of halogens is 1. The number of furan rings is 1. The summed E-state index contributed by atoms with van der Waals surface area (Å²) < 4.78 is 5.92. The Hall–Kier alpha value is -1.25. The van der Waals surface area contributed by atoms with Gasteiger partial charge in [-0.05, 0) is 55.6 Å². The summed E-state index contributed by atoms with van der Waals surface area (Å²) >= 11 is 6.37. The Morgan fingerprint density at radius 2 is 2.00 bits per heavy atom. The smallest absolute Gasteiger partial charge is 0.121 e. The molecule has 0 radical (unpaired) electrons. The lowest BCUT2D eigenvalue weighted by Crippen LogP contribution is -2.23. The molecule has 0 spiro atoms. The molecule has 1 N–H and O–H groups in total. The molecule has 1 aromatic carbocycles. The van der Waals surface area contributed by atoms with Crippen molar-refractivity contribution in [2.45, 2.75) is 46.1 Å². The number of hydrogen-bond donors (Lipinski definition) is 1. The molecule has 0 bridgehead atoms. The molecular weight excluding hydrogens is 282 g/mol. The topological polar surface area (TPSA) is 25.2 Å². The molecule has 1 atom stereocenters. The van der Waals surface area contributed by atoms with Crippen LogP contribution in [-0.2, 0) is 12.8 Å². The van der Waals surface area contributed by atoms with Gasteiger partial charge in [0.2, 0.25) is 0 Å². The minimum absolute atomic E-state index is 0.172. The summed E-state index contributed by atoms with van der Waals surface area (Å²) in [6.07, 6.45) is 2.86. The Kier molecular flexibility index (Phi) is 5.89. The van der Waals surface area contributed by atoms with E-state index in [0.717, 1.165) is 47.9 Å². The van der Waals surface area contributed by atoms with Crippen LogP contribution >= 0.6 is 11.6 Å². The van der Waals surface area contributed by atoms with E-state index in [1.54, 1.807) is 0 Å². The minimum Gasteiger partial charge on any atom is -0.464 e. The lowest BCUT2D eigenvalue weighted by molar-refractivity contribution is 0.392. The van der Waals surface area contributed by atoms with Gasteiger partial charge in [0.1, 0.15) is 11.5 Å². The van der Waals surface area contributed by atoms with Crippen LogP contribution < -0.4 is 5.32 Å². The molecule has 0 amide bonds. The van der Waals surface area contributed by atoms with Gasteiger partial charge < -0.3 is 9.73 Å². The van der Waals surface area contributed by atoms with Crippen LogP contribution in [0, 0.1) is 6.92 Å². The summed E-state index contributed by atoms with van der Waals surface area (Å²) in [5, 5.41) is 4.39. The molecule has 0 saturated carbocycles. The molecule has 0 aliphatic rings. The summed E-state index contributed by atoms with van der Waals surface area (Å²) in [7, 11) is 0. The van der Waals surface area contributed by atoms with Crippen molar-refractivity contribution < 1.29 is 4.42 Å². The van der Waals surface area contributed by atoms with Gasteiger partial charge in [0.25, 0.3) is 0 Å². The number of aryl methyl sites for hydroxylation is 2. The third-order valence-corrected chi connectivity index (χ3v) is 4.00. The third-order valence-electron chi connectivity index (χ3n) is 3.65. The highest BCUT2D eigenvalue weighted by Crippen LogP contribution is 2.26. The average molecular weight is 306 g/mol. The predicted octanol–water partition coefficient (Wildman–Crippen LogP) is 5.09. The van der Waals surface area contributed by atoms with Crippen molar-refractivity contribution >= 4 is 11.6 Å². The first-order chi connectivity index (χ1) is 10.1. The summed E-state index contributed by atoms with van der Waals surface area (Å²) in [5.74, 6) is 2.03. The molecule has 2 nitrogen and oxygen atoms in total. The van der Waals surface area contributed by atoms with Crippen LogP contribution in [0.4, 0.5) is 0 Å². The van der Waals surface area contributed by atoms with Gasteiger partial charge in [-0.2, -0.15) is 0 Å². The summed E-state index contributed by atoms with van der Waals surface area (Å²) in [6.45, 7) is 7.30. The zero-order valence-corrected chi connectivity index (χ0v) is 13.8. The van der Waals surface area contributed by atoms with Gasteiger partial charge in [0, 0.05) is 11.4 Å². The van der Waals surface area contributed by atoms with Crippen LogP contribution in [0.2, 0.25) is 5.02 Å². The van der Waals surface area contributed by atoms with E-state index < -0.39 is 0 Å². The molecule has 2 aromatic rings. The molecule has 0 aliphatic heterocycles. The number of hydrogen-bond acceptors (Lipinski definition) is 2. The first kappa shape index (κ1) is 16.1. The monoisotopic (exact) mass is 305 g/mol. The van der Waals surface area contributed by atoms with Crippen molar-refractivity contribution in [1.29, 1.82) is 0 Å². The van der Waals surface area contributed by atoms with E-state index in [4.69, 9.17) is 16.0 Å². The summed E-state index contributed by atoms with van der Waals surface area (Å²) in [6, 6.07) is 10.6. The van der Waals surface area contributed by atoms with E-state index >= 15 is 0 Å². The van der Waals surface area contributed by atoms with Crippen LogP contribution in [0.3, 0.4) is 0 Å². The second-order valence-corrected chi connectivity index (χ2v) is 5.87. The van der Waals surface area contributed by atoms with Crippen molar-refractivity contribution in [3.05, 3.63) is 58.0 Å². The molecular formula is C18H24ClNO. The van der Waals surface area contributed by atoms with Crippen LogP contribution in [0.5, 0.6) is 0 Å². The van der Waals surface area contributed by atoms with Gasteiger partial charge in [-0.25, -0.2) is 0 Å². The zero-order chi connectivity index (χ0) is 15.2. The minimum atomic E-state index is 0.172. The van der Waals surface area contributed by atoms with E-state index in [9.17, 15) is 0 Å². The van der Waals surface area contributed by atoms with Crippen LogP contribution in [0.25, 0.3) is 0 Å². The fourth-order valence-electron chi connectivity index (χ4n) is 2.40. The lowest BCUT2D eigenvalue weighted by atomic mass is 10.0. The zero-order valence-electron chi connectivity index (χ0n) is 13.1. The van der Waals surface area contributed by atoms with E-state index in [2.05, 4.69) is 50.4 Å². The Balaban J connectivity index is 2.19. The van der Waals surface area contributed by atoms with Gasteiger partial charge in [-0.1, -0.05) is 37.6 Å². The fraction of sp³-hybridized carbons (Fsp3) is 0.444. The SMILES string of the molecule is CCCNC(Cc1ccc(C)cc1Cl)c1ccc(CC)o1. The Labute approximate surface area is 132 Å². The van der Waals surface area contributed by atoms with E-state index in [1.807, 2.05) is 6.07 Å². The van der Waals surface area contributed by atoms with Crippen LogP contribution in [0.1, 0.15) is 49.0 Å².